The van der Waals surface area contributed by atoms with Gasteiger partial charge in [0.15, 0.2) is 10.1 Å². The summed E-state index contributed by atoms with van der Waals surface area (Å²) in [6, 6.07) is 0. The van der Waals surface area contributed by atoms with Crippen molar-refractivity contribution in [3.63, 3.8) is 0 Å². The summed E-state index contributed by atoms with van der Waals surface area (Å²) >= 11 is 2.92. The zero-order valence-corrected chi connectivity index (χ0v) is 23.3. The van der Waals surface area contributed by atoms with Crippen LogP contribution in [0.15, 0.2) is 12.7 Å². The van der Waals surface area contributed by atoms with E-state index in [1.54, 1.807) is 0 Å². The molecule has 0 radical (unpaired) electrons. The number of halogens is 3. The Morgan fingerprint density at radius 2 is 0.938 bits per heavy atom. The van der Waals surface area contributed by atoms with Gasteiger partial charge in [0.2, 0.25) is 0 Å². The van der Waals surface area contributed by atoms with Gasteiger partial charge in [-0.05, 0) is 41.5 Å². The quantitative estimate of drug-likeness (QED) is 0.0817. The second kappa shape index (κ2) is 28.0. The number of hydrogen-bond acceptors (Lipinski definition) is 9. The van der Waals surface area contributed by atoms with Crippen molar-refractivity contribution in [2.24, 2.45) is 0 Å². The van der Waals surface area contributed by atoms with Gasteiger partial charge in [-0.1, -0.05) is 0 Å². The van der Waals surface area contributed by atoms with Gasteiger partial charge in [0.1, 0.15) is 0 Å². The topological polar surface area (TPSA) is 113 Å². The van der Waals surface area contributed by atoms with Gasteiger partial charge >= 0.3 is 59.5 Å². The fraction of sp³-hybridized carbons (Fsp3) is 0.875. The standard InChI is InChI=1S/2C6H15O3P.C3H5.CHF3O3S.Pd/c2*1-4-7-10(8-5-2)9-6-3;1-3-2;2-1(3,4)8(5,6)7;/h2*4-6H2,1-3H3;3H,1-2H2;(H,5,6,7);/q;;;;+1/p-1. The Labute approximate surface area is 203 Å². The molecule has 0 aromatic rings. The molecule has 200 valence electrons. The van der Waals surface area contributed by atoms with Crippen LogP contribution >= 0.6 is 17.2 Å². The van der Waals surface area contributed by atoms with Crippen molar-refractivity contribution in [2.45, 2.75) is 51.9 Å². The third-order valence-electron chi connectivity index (χ3n) is 1.78. The van der Waals surface area contributed by atoms with Crippen LogP contribution in [0.25, 0.3) is 0 Å². The molecule has 0 heterocycles. The molecule has 0 fully saturated rings. The van der Waals surface area contributed by atoms with Crippen LogP contribution in [0, 0.1) is 0 Å². The van der Waals surface area contributed by atoms with Crippen molar-refractivity contribution in [2.75, 3.05) is 39.6 Å². The van der Waals surface area contributed by atoms with Crippen molar-refractivity contribution in [1.82, 2.24) is 0 Å². The number of rotatable bonds is 13. The van der Waals surface area contributed by atoms with E-state index >= 15 is 0 Å². The second-order valence-electron chi connectivity index (χ2n) is 4.27. The fourth-order valence-electron chi connectivity index (χ4n) is 0.856. The molecular weight excluding hydrogens is 594 g/mol. The molecule has 0 atom stereocenters. The maximum absolute atomic E-state index is 10.7. The van der Waals surface area contributed by atoms with E-state index in [2.05, 4.69) is 25.8 Å². The van der Waals surface area contributed by atoms with Crippen LogP contribution in [-0.2, 0) is 56.5 Å². The molecule has 0 saturated carbocycles. The summed E-state index contributed by atoms with van der Waals surface area (Å²) in [5, 5.41) is 0. The molecule has 0 bridgehead atoms. The minimum Gasteiger partial charge on any atom is -0.741 e. The first kappa shape index (κ1) is 39.9. The van der Waals surface area contributed by atoms with Crippen LogP contribution in [-0.4, -0.2) is 58.1 Å². The normalized spacial score (nSPS) is 11.1. The van der Waals surface area contributed by atoms with E-state index in [1.807, 2.05) is 47.6 Å². The summed E-state index contributed by atoms with van der Waals surface area (Å²) < 4.78 is 89.8. The van der Waals surface area contributed by atoms with Crippen LogP contribution in [0.5, 0.6) is 0 Å². The predicted octanol–water partition coefficient (Wildman–Crippen LogP) is 5.83. The van der Waals surface area contributed by atoms with E-state index in [-0.39, 0.29) is 0 Å². The van der Waals surface area contributed by atoms with E-state index in [9.17, 15) is 13.2 Å². The second-order valence-corrected chi connectivity index (χ2v) is 8.72. The van der Waals surface area contributed by atoms with Crippen molar-refractivity contribution < 1.29 is 72.5 Å². The number of alkyl halides is 3. The number of allylic oxidation sites excluding steroid dienone is 1. The van der Waals surface area contributed by atoms with Gasteiger partial charge in [-0.15, -0.1) is 0 Å². The third kappa shape index (κ3) is 32.9. The van der Waals surface area contributed by atoms with E-state index in [4.69, 9.17) is 40.1 Å². The first-order valence-corrected chi connectivity index (χ1v) is 14.1. The van der Waals surface area contributed by atoms with Gasteiger partial charge < -0.3 is 31.7 Å². The Hall–Kier alpha value is 0.722. The molecule has 0 spiro atoms. The molecule has 16 heteroatoms. The Bertz CT molecular complexity index is 443. The molecule has 0 amide bonds. The first-order valence-electron chi connectivity index (χ1n) is 9.38. The Morgan fingerprint density at radius 3 is 1.00 bits per heavy atom. The Balaban J connectivity index is -0.000000170. The molecule has 0 N–H and O–H groups in total. The van der Waals surface area contributed by atoms with E-state index in [0.29, 0.717) is 39.6 Å². The molecular formula is C16H35F3O9P2PdS. The molecule has 32 heavy (non-hydrogen) atoms. The Kier molecular flexibility index (Phi) is 34.9. The van der Waals surface area contributed by atoms with Crippen molar-refractivity contribution in [1.29, 1.82) is 0 Å². The van der Waals surface area contributed by atoms with Crippen molar-refractivity contribution >= 4 is 27.3 Å². The molecule has 0 unspecified atom stereocenters. The predicted molar refractivity (Wildman–Crippen MR) is 114 cm³/mol. The van der Waals surface area contributed by atoms with Crippen LogP contribution in [0.2, 0.25) is 4.89 Å². The van der Waals surface area contributed by atoms with Gasteiger partial charge in [-0.2, -0.15) is 13.2 Å². The summed E-state index contributed by atoms with van der Waals surface area (Å²) in [6.07, 6.45) is 1.81. The molecule has 9 nitrogen and oxygen atoms in total. The molecule has 0 aliphatic heterocycles. The monoisotopic (exact) mass is 628 g/mol. The summed E-state index contributed by atoms with van der Waals surface area (Å²) in [5.41, 5.74) is -5.65. The van der Waals surface area contributed by atoms with Gasteiger partial charge in [-0.25, -0.2) is 8.42 Å². The molecule has 0 aromatic heterocycles. The largest absolute Gasteiger partial charge is 0.741 e. The van der Waals surface area contributed by atoms with Gasteiger partial charge in [0, 0.05) is 0 Å². The van der Waals surface area contributed by atoms with Crippen molar-refractivity contribution in [3.05, 3.63) is 12.7 Å². The van der Waals surface area contributed by atoms with Gasteiger partial charge in [0.25, 0.3) is 0 Å². The summed E-state index contributed by atoms with van der Waals surface area (Å²) in [5.74, 6) is 0. The maximum Gasteiger partial charge on any atom is 0.485 e. The molecule has 0 aromatic carbocycles. The molecule has 0 aliphatic rings. The minimum absolute atomic E-state index is 0.645. The van der Waals surface area contributed by atoms with Crippen LogP contribution in [0.4, 0.5) is 13.2 Å². The van der Waals surface area contributed by atoms with Crippen molar-refractivity contribution in [3.8, 4) is 0 Å². The van der Waals surface area contributed by atoms with Gasteiger partial charge in [0.05, 0.1) is 39.6 Å². The Morgan fingerprint density at radius 1 is 0.781 bits per heavy atom. The SMILES string of the molecule is C=C[CH2][Pd+].CCOP(OCC)OCC.CCOP(OCC)OCC.O=S(=O)([O-])C(F)(F)F. The molecule has 0 aliphatic carbocycles. The molecule has 0 saturated heterocycles. The maximum atomic E-state index is 10.7. The summed E-state index contributed by atoms with van der Waals surface area (Å²) in [4.78, 5) is 0.933. The first-order chi connectivity index (χ1) is 14.9. The smallest absolute Gasteiger partial charge is 0.485 e. The minimum atomic E-state index is -6.09. The number of hydrogen-bond donors (Lipinski definition) is 0. The average Bonchev–Trinajstić information content (AvgIpc) is 2.69. The fourth-order valence-corrected chi connectivity index (χ4v) is 2.57. The summed E-state index contributed by atoms with van der Waals surface area (Å²) in [6.45, 7) is 18.9. The van der Waals surface area contributed by atoms with Crippen LogP contribution in [0.1, 0.15) is 41.5 Å². The molecule has 0 rings (SSSR count). The van der Waals surface area contributed by atoms with Gasteiger partial charge in [-0.3, -0.25) is 0 Å². The zero-order valence-electron chi connectivity index (χ0n) is 19.2. The zero-order chi connectivity index (χ0) is 26.1. The average molecular weight is 629 g/mol. The van der Waals surface area contributed by atoms with E-state index in [0.717, 1.165) is 4.89 Å². The van der Waals surface area contributed by atoms with E-state index < -0.39 is 32.8 Å². The van der Waals surface area contributed by atoms with E-state index in [1.165, 1.54) is 0 Å². The van der Waals surface area contributed by atoms with Crippen LogP contribution in [0.3, 0.4) is 0 Å². The van der Waals surface area contributed by atoms with Crippen LogP contribution < -0.4 is 0 Å². The third-order valence-corrected chi connectivity index (χ3v) is 5.61. The summed E-state index contributed by atoms with van der Waals surface area (Å²) in [7, 11) is -8.21.